The van der Waals surface area contributed by atoms with Gasteiger partial charge in [0.25, 0.3) is 0 Å². The third-order valence-electron chi connectivity index (χ3n) is 1.65. The van der Waals surface area contributed by atoms with Crippen molar-refractivity contribution < 1.29 is 9.53 Å². The molecule has 0 amide bonds. The van der Waals surface area contributed by atoms with E-state index in [1.807, 2.05) is 19.1 Å². The monoisotopic (exact) mass is 354 g/mol. The van der Waals surface area contributed by atoms with Gasteiger partial charge in [0.15, 0.2) is 0 Å². The Morgan fingerprint density at radius 1 is 1.54 bits per heavy atom. The van der Waals surface area contributed by atoms with Crippen LogP contribution in [0.15, 0.2) is 16.6 Å². The first kappa shape index (κ1) is 11.0. The molecule has 0 bridgehead atoms. The van der Waals surface area contributed by atoms with E-state index in [0.29, 0.717) is 5.56 Å². The minimum absolute atomic E-state index is 0.315. The molecule has 70 valence electrons. The van der Waals surface area contributed by atoms with E-state index in [-0.39, 0.29) is 5.97 Å². The van der Waals surface area contributed by atoms with Gasteiger partial charge in [-0.15, -0.1) is 0 Å². The van der Waals surface area contributed by atoms with Crippen LogP contribution in [-0.4, -0.2) is 13.1 Å². The molecule has 0 aliphatic heterocycles. The second-order valence-electron chi connectivity index (χ2n) is 2.57. The summed E-state index contributed by atoms with van der Waals surface area (Å²) >= 11 is 5.51. The normalized spacial score (nSPS) is 9.85. The van der Waals surface area contributed by atoms with Crippen LogP contribution in [0.1, 0.15) is 15.9 Å². The molecule has 0 aromatic heterocycles. The van der Waals surface area contributed by atoms with Crippen LogP contribution in [0.25, 0.3) is 0 Å². The maximum absolute atomic E-state index is 11.2. The van der Waals surface area contributed by atoms with Gasteiger partial charge in [-0.1, -0.05) is 0 Å². The van der Waals surface area contributed by atoms with Gasteiger partial charge in [0.1, 0.15) is 0 Å². The highest BCUT2D eigenvalue weighted by atomic mass is 127. The molecule has 0 aliphatic carbocycles. The average Bonchev–Trinajstić information content (AvgIpc) is 2.10. The summed E-state index contributed by atoms with van der Waals surface area (Å²) in [6.45, 7) is 1.99. The van der Waals surface area contributed by atoms with Gasteiger partial charge in [0, 0.05) is 8.04 Å². The standard InChI is InChI=1S/C9H8BrIO2/c1-5-3-7(10)6(4-8(5)11)9(12)13-2/h3-4H,1-2H3. The first-order chi connectivity index (χ1) is 6.06. The van der Waals surface area contributed by atoms with Crippen LogP contribution in [0.5, 0.6) is 0 Å². The van der Waals surface area contributed by atoms with E-state index in [9.17, 15) is 4.79 Å². The van der Waals surface area contributed by atoms with Gasteiger partial charge < -0.3 is 4.74 Å². The minimum atomic E-state index is -0.315. The summed E-state index contributed by atoms with van der Waals surface area (Å²) in [5.74, 6) is -0.315. The van der Waals surface area contributed by atoms with Gasteiger partial charge in [-0.2, -0.15) is 0 Å². The Kier molecular flexibility index (Phi) is 3.73. The molecule has 0 saturated carbocycles. The number of ether oxygens (including phenoxy) is 1. The van der Waals surface area contributed by atoms with Crippen LogP contribution in [0.4, 0.5) is 0 Å². The lowest BCUT2D eigenvalue weighted by Crippen LogP contribution is -2.03. The lowest BCUT2D eigenvalue weighted by molar-refractivity contribution is 0.0599. The van der Waals surface area contributed by atoms with Crippen molar-refractivity contribution in [3.8, 4) is 0 Å². The molecule has 0 aliphatic rings. The van der Waals surface area contributed by atoms with Crippen LogP contribution >= 0.6 is 38.5 Å². The highest BCUT2D eigenvalue weighted by Crippen LogP contribution is 2.23. The number of carbonyl (C=O) groups excluding carboxylic acids is 1. The summed E-state index contributed by atoms with van der Waals surface area (Å²) in [7, 11) is 1.38. The molecule has 0 radical (unpaired) electrons. The fourth-order valence-electron chi connectivity index (χ4n) is 0.913. The highest BCUT2D eigenvalue weighted by Gasteiger charge is 2.11. The van der Waals surface area contributed by atoms with E-state index >= 15 is 0 Å². The molecule has 1 aromatic carbocycles. The summed E-state index contributed by atoms with van der Waals surface area (Å²) in [5, 5.41) is 0. The predicted molar refractivity (Wildman–Crippen MR) is 62.9 cm³/mol. The number of benzene rings is 1. The third-order valence-corrected chi connectivity index (χ3v) is 3.47. The number of carbonyl (C=O) groups is 1. The number of rotatable bonds is 1. The van der Waals surface area contributed by atoms with E-state index < -0.39 is 0 Å². The number of hydrogen-bond donors (Lipinski definition) is 0. The van der Waals surface area contributed by atoms with E-state index in [1.54, 1.807) is 0 Å². The van der Waals surface area contributed by atoms with Gasteiger partial charge >= 0.3 is 5.97 Å². The molecule has 0 spiro atoms. The van der Waals surface area contributed by atoms with Crippen molar-refractivity contribution in [3.05, 3.63) is 31.3 Å². The Morgan fingerprint density at radius 3 is 2.69 bits per heavy atom. The van der Waals surface area contributed by atoms with Gasteiger partial charge in [-0.3, -0.25) is 0 Å². The lowest BCUT2D eigenvalue weighted by Gasteiger charge is -2.05. The Labute approximate surface area is 98.9 Å². The predicted octanol–water partition coefficient (Wildman–Crippen LogP) is 3.15. The second kappa shape index (κ2) is 4.41. The molecule has 2 nitrogen and oxygen atoms in total. The SMILES string of the molecule is COC(=O)c1cc(I)c(C)cc1Br. The number of esters is 1. The minimum Gasteiger partial charge on any atom is -0.465 e. The quantitative estimate of drug-likeness (QED) is 0.572. The summed E-state index contributed by atoms with van der Waals surface area (Å²) in [5.41, 5.74) is 1.71. The zero-order chi connectivity index (χ0) is 10.0. The van der Waals surface area contributed by atoms with Crippen molar-refractivity contribution in [2.24, 2.45) is 0 Å². The van der Waals surface area contributed by atoms with Crippen molar-refractivity contribution in [3.63, 3.8) is 0 Å². The topological polar surface area (TPSA) is 26.3 Å². The largest absolute Gasteiger partial charge is 0.465 e. The number of halogens is 2. The van der Waals surface area contributed by atoms with Crippen molar-refractivity contribution in [1.29, 1.82) is 0 Å². The van der Waals surface area contributed by atoms with Gasteiger partial charge in [0.2, 0.25) is 0 Å². The fraction of sp³-hybridized carbons (Fsp3) is 0.222. The summed E-state index contributed by atoms with van der Waals surface area (Å²) in [6, 6.07) is 3.72. The van der Waals surface area contributed by atoms with Crippen molar-refractivity contribution in [2.45, 2.75) is 6.92 Å². The number of aryl methyl sites for hydroxylation is 1. The lowest BCUT2D eigenvalue weighted by atomic mass is 10.1. The summed E-state index contributed by atoms with van der Waals surface area (Å²) in [4.78, 5) is 11.2. The van der Waals surface area contributed by atoms with E-state index in [1.165, 1.54) is 7.11 Å². The molecule has 0 unspecified atom stereocenters. The van der Waals surface area contributed by atoms with Crippen molar-refractivity contribution in [2.75, 3.05) is 7.11 Å². The Balaban J connectivity index is 3.23. The molecular weight excluding hydrogens is 347 g/mol. The maximum atomic E-state index is 11.2. The average molecular weight is 355 g/mol. The number of hydrogen-bond acceptors (Lipinski definition) is 2. The Morgan fingerprint density at radius 2 is 2.15 bits per heavy atom. The molecule has 0 heterocycles. The molecule has 1 aromatic rings. The first-order valence-corrected chi connectivity index (χ1v) is 5.47. The van der Waals surface area contributed by atoms with Gasteiger partial charge in [0.05, 0.1) is 12.7 Å². The smallest absolute Gasteiger partial charge is 0.339 e. The molecule has 0 fully saturated rings. The first-order valence-electron chi connectivity index (χ1n) is 3.60. The summed E-state index contributed by atoms with van der Waals surface area (Å²) < 4.78 is 6.47. The fourth-order valence-corrected chi connectivity index (χ4v) is 2.00. The molecule has 4 heteroatoms. The second-order valence-corrected chi connectivity index (χ2v) is 4.59. The molecule has 0 atom stereocenters. The zero-order valence-electron chi connectivity index (χ0n) is 7.23. The molecule has 13 heavy (non-hydrogen) atoms. The van der Waals surface area contributed by atoms with E-state index in [0.717, 1.165) is 13.6 Å². The van der Waals surface area contributed by atoms with Crippen LogP contribution < -0.4 is 0 Å². The van der Waals surface area contributed by atoms with E-state index in [2.05, 4.69) is 43.3 Å². The van der Waals surface area contributed by atoms with Crippen LogP contribution in [0, 0.1) is 10.5 Å². The molecule has 0 N–H and O–H groups in total. The summed E-state index contributed by atoms with van der Waals surface area (Å²) in [6.07, 6.45) is 0. The Hall–Kier alpha value is -0.100. The van der Waals surface area contributed by atoms with E-state index in [4.69, 9.17) is 0 Å². The third kappa shape index (κ3) is 2.43. The van der Waals surface area contributed by atoms with Crippen molar-refractivity contribution in [1.82, 2.24) is 0 Å². The van der Waals surface area contributed by atoms with Crippen LogP contribution in [0.2, 0.25) is 0 Å². The van der Waals surface area contributed by atoms with Gasteiger partial charge in [-0.05, 0) is 63.1 Å². The van der Waals surface area contributed by atoms with Crippen LogP contribution in [0.3, 0.4) is 0 Å². The molecule has 1 rings (SSSR count). The number of methoxy groups -OCH3 is 1. The molecular formula is C9H8BrIO2. The maximum Gasteiger partial charge on any atom is 0.339 e. The van der Waals surface area contributed by atoms with Crippen LogP contribution in [-0.2, 0) is 4.74 Å². The zero-order valence-corrected chi connectivity index (χ0v) is 11.0. The highest BCUT2D eigenvalue weighted by molar-refractivity contribution is 14.1. The van der Waals surface area contributed by atoms with Crippen molar-refractivity contribution >= 4 is 44.5 Å². The van der Waals surface area contributed by atoms with Gasteiger partial charge in [-0.25, -0.2) is 4.79 Å². The Bertz CT molecular complexity index is 350. The molecule has 0 saturated heterocycles.